The molecule has 0 saturated carbocycles. The fourth-order valence-electron chi connectivity index (χ4n) is 1.35. The molecule has 18 heavy (non-hydrogen) atoms. The van der Waals surface area contributed by atoms with Crippen molar-refractivity contribution in [2.75, 3.05) is 5.75 Å². The molecule has 0 bridgehead atoms. The molecule has 1 nitrogen and oxygen atoms in total. The predicted octanol–water partition coefficient (Wildman–Crippen LogP) is 4.33. The molecule has 1 unspecified atom stereocenters. The average Bonchev–Trinajstić information content (AvgIpc) is 2.39. The Bertz CT molecular complexity index is 381. The number of rotatable bonds is 6. The first-order valence-corrected chi connectivity index (χ1v) is 6.70. The molecule has 0 fully saturated rings. The molecular weight excluding hydrogens is 261 g/mol. The Hall–Kier alpha value is -0.970. The van der Waals surface area contributed by atoms with E-state index in [1.54, 1.807) is 30.3 Å². The van der Waals surface area contributed by atoms with E-state index in [-0.39, 0.29) is 17.3 Å². The van der Waals surface area contributed by atoms with Crippen molar-refractivity contribution in [1.82, 2.24) is 0 Å². The predicted molar refractivity (Wildman–Crippen MR) is 68.0 cm³/mol. The van der Waals surface area contributed by atoms with Crippen molar-refractivity contribution in [3.8, 4) is 0 Å². The second-order valence-electron chi connectivity index (χ2n) is 3.87. The minimum atomic E-state index is -3.30. The Kier molecular flexibility index (Phi) is 5.72. The molecule has 0 spiro atoms. The van der Waals surface area contributed by atoms with Crippen LogP contribution >= 0.6 is 11.8 Å². The van der Waals surface area contributed by atoms with E-state index in [9.17, 15) is 18.0 Å². The molecule has 0 aliphatic heterocycles. The molecule has 0 aromatic heterocycles. The van der Waals surface area contributed by atoms with Gasteiger partial charge in [-0.15, -0.1) is 0 Å². The van der Waals surface area contributed by atoms with Crippen LogP contribution in [0.15, 0.2) is 30.3 Å². The highest BCUT2D eigenvalue weighted by atomic mass is 32.2. The Morgan fingerprint density at radius 1 is 1.33 bits per heavy atom. The Balaban J connectivity index is 2.37. The quantitative estimate of drug-likeness (QED) is 0.769. The standard InChI is InChI=1S/C13H15F3OS/c1-2-13(15,16)11(14)8-9-18-12(17)10-6-4-3-5-7-10/h3-7,11H,2,8-9H2,1H3. The maximum Gasteiger partial charge on any atom is 0.278 e. The van der Waals surface area contributed by atoms with E-state index in [1.165, 1.54) is 6.92 Å². The van der Waals surface area contributed by atoms with E-state index in [2.05, 4.69) is 0 Å². The molecule has 1 aromatic rings. The molecule has 1 aromatic carbocycles. The van der Waals surface area contributed by atoms with Crippen LogP contribution in [0.3, 0.4) is 0 Å². The molecule has 5 heteroatoms. The van der Waals surface area contributed by atoms with Gasteiger partial charge in [0.05, 0.1) is 0 Å². The summed E-state index contributed by atoms with van der Waals surface area (Å²) in [6, 6.07) is 8.50. The van der Waals surface area contributed by atoms with Crippen molar-refractivity contribution in [1.29, 1.82) is 0 Å². The van der Waals surface area contributed by atoms with Gasteiger partial charge in [-0.2, -0.15) is 0 Å². The van der Waals surface area contributed by atoms with Gasteiger partial charge in [0.25, 0.3) is 5.92 Å². The SMILES string of the molecule is CCC(F)(F)C(F)CCSC(=O)c1ccccc1. The highest BCUT2D eigenvalue weighted by Gasteiger charge is 2.37. The van der Waals surface area contributed by atoms with Crippen LogP contribution < -0.4 is 0 Å². The fourth-order valence-corrected chi connectivity index (χ4v) is 2.16. The maximum absolute atomic E-state index is 13.2. The monoisotopic (exact) mass is 276 g/mol. The number of halogens is 3. The molecule has 0 N–H and O–H groups in total. The molecule has 1 rings (SSSR count). The number of hydrogen-bond acceptors (Lipinski definition) is 2. The van der Waals surface area contributed by atoms with Gasteiger partial charge in [-0.05, 0) is 6.42 Å². The lowest BCUT2D eigenvalue weighted by molar-refractivity contribution is -0.0751. The summed E-state index contributed by atoms with van der Waals surface area (Å²) in [6.07, 6.45) is -3.02. The van der Waals surface area contributed by atoms with Crippen LogP contribution in [0.1, 0.15) is 30.1 Å². The maximum atomic E-state index is 13.2. The molecule has 0 heterocycles. The zero-order valence-electron chi connectivity index (χ0n) is 10.0. The van der Waals surface area contributed by atoms with Crippen LogP contribution in [-0.2, 0) is 0 Å². The van der Waals surface area contributed by atoms with Gasteiger partial charge < -0.3 is 0 Å². The van der Waals surface area contributed by atoms with Crippen LogP contribution in [-0.4, -0.2) is 23.0 Å². The van der Waals surface area contributed by atoms with Gasteiger partial charge in [0, 0.05) is 17.7 Å². The van der Waals surface area contributed by atoms with Crippen molar-refractivity contribution in [3.05, 3.63) is 35.9 Å². The number of benzene rings is 1. The van der Waals surface area contributed by atoms with Crippen molar-refractivity contribution in [2.24, 2.45) is 0 Å². The third-order valence-corrected chi connectivity index (χ3v) is 3.48. The van der Waals surface area contributed by atoms with Crippen molar-refractivity contribution in [2.45, 2.75) is 31.9 Å². The molecule has 0 amide bonds. The minimum Gasteiger partial charge on any atom is -0.282 e. The number of thioether (sulfide) groups is 1. The largest absolute Gasteiger partial charge is 0.282 e. The van der Waals surface area contributed by atoms with Gasteiger partial charge in [-0.1, -0.05) is 49.0 Å². The summed E-state index contributed by atoms with van der Waals surface area (Å²) in [5.41, 5.74) is 0.500. The minimum absolute atomic E-state index is 0.0600. The summed E-state index contributed by atoms with van der Waals surface area (Å²) in [5, 5.41) is -0.220. The first-order valence-electron chi connectivity index (χ1n) is 5.71. The summed E-state index contributed by atoms with van der Waals surface area (Å²) in [5.74, 6) is -3.24. The first-order chi connectivity index (χ1) is 8.47. The van der Waals surface area contributed by atoms with Gasteiger partial charge in [0.2, 0.25) is 5.12 Å². The molecule has 100 valence electrons. The highest BCUT2D eigenvalue weighted by Crippen LogP contribution is 2.28. The van der Waals surface area contributed by atoms with E-state index in [1.807, 2.05) is 0 Å². The number of carbonyl (C=O) groups is 1. The van der Waals surface area contributed by atoms with Gasteiger partial charge in [-0.3, -0.25) is 4.79 Å². The Morgan fingerprint density at radius 3 is 2.50 bits per heavy atom. The van der Waals surface area contributed by atoms with E-state index in [4.69, 9.17) is 0 Å². The van der Waals surface area contributed by atoms with E-state index in [0.29, 0.717) is 5.56 Å². The molecule has 0 saturated heterocycles. The number of hydrogen-bond donors (Lipinski definition) is 0. The topological polar surface area (TPSA) is 17.1 Å². The van der Waals surface area contributed by atoms with Crippen LogP contribution in [0.25, 0.3) is 0 Å². The van der Waals surface area contributed by atoms with Gasteiger partial charge in [0.1, 0.15) is 0 Å². The summed E-state index contributed by atoms with van der Waals surface area (Å²) in [4.78, 5) is 11.6. The molecular formula is C13H15F3OS. The summed E-state index contributed by atoms with van der Waals surface area (Å²) >= 11 is 0.872. The molecule has 0 aliphatic carbocycles. The summed E-state index contributed by atoms with van der Waals surface area (Å²) in [6.45, 7) is 1.24. The van der Waals surface area contributed by atoms with Crippen molar-refractivity contribution < 1.29 is 18.0 Å². The van der Waals surface area contributed by atoms with Crippen molar-refractivity contribution >= 4 is 16.9 Å². The summed E-state index contributed by atoms with van der Waals surface area (Å²) < 4.78 is 39.0. The van der Waals surface area contributed by atoms with Crippen LogP contribution in [0.5, 0.6) is 0 Å². The van der Waals surface area contributed by atoms with E-state index in [0.717, 1.165) is 11.8 Å². The number of alkyl halides is 3. The third kappa shape index (κ3) is 4.37. The normalized spacial score (nSPS) is 13.3. The van der Waals surface area contributed by atoms with Crippen molar-refractivity contribution in [3.63, 3.8) is 0 Å². The smallest absolute Gasteiger partial charge is 0.278 e. The Labute approximate surface area is 109 Å². The second kappa shape index (κ2) is 6.83. The van der Waals surface area contributed by atoms with E-state index < -0.39 is 18.5 Å². The van der Waals surface area contributed by atoms with Gasteiger partial charge in [-0.25, -0.2) is 13.2 Å². The van der Waals surface area contributed by atoms with Gasteiger partial charge in [0.15, 0.2) is 6.17 Å². The molecule has 1 atom stereocenters. The lowest BCUT2D eigenvalue weighted by Crippen LogP contribution is -2.29. The number of carbonyl (C=O) groups excluding carboxylic acids is 1. The lowest BCUT2D eigenvalue weighted by atomic mass is 10.1. The van der Waals surface area contributed by atoms with Crippen LogP contribution in [0.4, 0.5) is 13.2 Å². The van der Waals surface area contributed by atoms with Gasteiger partial charge >= 0.3 is 0 Å². The molecule has 0 aliphatic rings. The Morgan fingerprint density at radius 2 is 1.94 bits per heavy atom. The zero-order chi connectivity index (χ0) is 13.6. The second-order valence-corrected chi connectivity index (χ2v) is 4.94. The van der Waals surface area contributed by atoms with E-state index >= 15 is 0 Å². The van der Waals surface area contributed by atoms with Crippen LogP contribution in [0.2, 0.25) is 0 Å². The highest BCUT2D eigenvalue weighted by molar-refractivity contribution is 8.14. The summed E-state index contributed by atoms with van der Waals surface area (Å²) in [7, 11) is 0. The average molecular weight is 276 g/mol. The lowest BCUT2D eigenvalue weighted by Gasteiger charge is -2.18. The third-order valence-electron chi connectivity index (χ3n) is 2.54. The zero-order valence-corrected chi connectivity index (χ0v) is 10.9. The fraction of sp³-hybridized carbons (Fsp3) is 0.462. The first kappa shape index (κ1) is 15.1. The molecule has 0 radical (unpaired) electrons. The van der Waals surface area contributed by atoms with Crippen LogP contribution in [0, 0.1) is 0 Å².